The molecule has 0 bridgehead atoms. The lowest BCUT2D eigenvalue weighted by Gasteiger charge is -2.34. The van der Waals surface area contributed by atoms with Gasteiger partial charge in [0.25, 0.3) is 0 Å². The minimum absolute atomic E-state index is 0.0333. The van der Waals surface area contributed by atoms with Gasteiger partial charge in [0.1, 0.15) is 0 Å². The second-order valence-electron chi connectivity index (χ2n) is 4.72. The molecule has 17 heavy (non-hydrogen) atoms. The highest BCUT2D eigenvalue weighted by atomic mass is 16.2. The van der Waals surface area contributed by atoms with Gasteiger partial charge in [-0.2, -0.15) is 0 Å². The van der Waals surface area contributed by atoms with E-state index >= 15 is 0 Å². The molecule has 1 aliphatic rings. The van der Waals surface area contributed by atoms with Gasteiger partial charge in [0.05, 0.1) is 5.54 Å². The normalized spacial score (nSPS) is 20.9. The van der Waals surface area contributed by atoms with Crippen LogP contribution in [0.2, 0.25) is 0 Å². The van der Waals surface area contributed by atoms with Crippen LogP contribution in [0.25, 0.3) is 0 Å². The molecule has 0 aromatic heterocycles. The summed E-state index contributed by atoms with van der Waals surface area (Å²) in [6.07, 6.45) is 2.63. The van der Waals surface area contributed by atoms with Gasteiger partial charge in [-0.3, -0.25) is 9.59 Å². The van der Waals surface area contributed by atoms with E-state index < -0.39 is 0 Å². The van der Waals surface area contributed by atoms with E-state index in [4.69, 9.17) is 5.73 Å². The van der Waals surface area contributed by atoms with Crippen LogP contribution in [0, 0.1) is 5.92 Å². The Morgan fingerprint density at radius 3 is 2.65 bits per heavy atom. The SMILES string of the molecule is CCC(CC)(CN)NC(=O)C1CCNC(=O)C1. The molecule has 0 aliphatic carbocycles. The second kappa shape index (κ2) is 6.00. The van der Waals surface area contributed by atoms with E-state index in [1.165, 1.54) is 0 Å². The lowest BCUT2D eigenvalue weighted by Crippen LogP contribution is -2.55. The molecule has 1 saturated heterocycles. The fraction of sp³-hybridized carbons (Fsp3) is 0.833. The predicted octanol–water partition coefficient (Wildman–Crippen LogP) is 0.146. The molecule has 1 unspecified atom stereocenters. The number of amides is 2. The molecule has 0 aromatic carbocycles. The number of nitrogens with two attached hydrogens (primary N) is 1. The van der Waals surface area contributed by atoms with Crippen molar-refractivity contribution in [3.05, 3.63) is 0 Å². The van der Waals surface area contributed by atoms with Crippen LogP contribution in [0.1, 0.15) is 39.5 Å². The van der Waals surface area contributed by atoms with Gasteiger partial charge in [0.2, 0.25) is 11.8 Å². The average Bonchev–Trinajstić information content (AvgIpc) is 2.36. The van der Waals surface area contributed by atoms with Crippen molar-refractivity contribution >= 4 is 11.8 Å². The molecule has 0 saturated carbocycles. The monoisotopic (exact) mass is 241 g/mol. The third-order valence-corrected chi connectivity index (χ3v) is 3.75. The van der Waals surface area contributed by atoms with Crippen LogP contribution >= 0.6 is 0 Å². The number of nitrogens with one attached hydrogen (secondary N) is 2. The number of piperidine rings is 1. The molecule has 98 valence electrons. The third-order valence-electron chi connectivity index (χ3n) is 3.75. The van der Waals surface area contributed by atoms with Gasteiger partial charge in [0.15, 0.2) is 0 Å². The van der Waals surface area contributed by atoms with Crippen LogP contribution in [-0.4, -0.2) is 30.4 Å². The Hall–Kier alpha value is -1.10. The van der Waals surface area contributed by atoms with Crippen molar-refractivity contribution in [2.24, 2.45) is 11.7 Å². The van der Waals surface area contributed by atoms with Crippen LogP contribution in [0.3, 0.4) is 0 Å². The summed E-state index contributed by atoms with van der Waals surface area (Å²) in [5.41, 5.74) is 5.43. The van der Waals surface area contributed by atoms with E-state index in [1.807, 2.05) is 13.8 Å². The number of hydrogen-bond acceptors (Lipinski definition) is 3. The molecule has 1 aliphatic heterocycles. The highest BCUT2D eigenvalue weighted by Gasteiger charge is 2.32. The Morgan fingerprint density at radius 1 is 1.53 bits per heavy atom. The zero-order valence-corrected chi connectivity index (χ0v) is 10.7. The molecule has 4 N–H and O–H groups in total. The summed E-state index contributed by atoms with van der Waals surface area (Å²) in [5, 5.41) is 5.75. The lowest BCUT2D eigenvalue weighted by atomic mass is 9.90. The number of carbonyl (C=O) groups is 2. The Morgan fingerprint density at radius 2 is 2.18 bits per heavy atom. The molecule has 1 atom stereocenters. The smallest absolute Gasteiger partial charge is 0.224 e. The van der Waals surface area contributed by atoms with Crippen LogP contribution in [0.5, 0.6) is 0 Å². The summed E-state index contributed by atoms with van der Waals surface area (Å²) in [7, 11) is 0. The van der Waals surface area contributed by atoms with E-state index in [0.717, 1.165) is 12.8 Å². The molecule has 5 nitrogen and oxygen atoms in total. The molecule has 0 aromatic rings. The number of hydrogen-bond donors (Lipinski definition) is 3. The fourth-order valence-electron chi connectivity index (χ4n) is 2.14. The summed E-state index contributed by atoms with van der Waals surface area (Å²) >= 11 is 0. The first-order chi connectivity index (χ1) is 8.06. The highest BCUT2D eigenvalue weighted by molar-refractivity contribution is 5.87. The maximum atomic E-state index is 12.1. The Labute approximate surface area is 103 Å². The first-order valence-electron chi connectivity index (χ1n) is 6.35. The Balaban J connectivity index is 2.60. The van der Waals surface area contributed by atoms with Crippen LogP contribution in [0.15, 0.2) is 0 Å². The number of rotatable bonds is 5. The van der Waals surface area contributed by atoms with E-state index in [-0.39, 0.29) is 23.3 Å². The minimum Gasteiger partial charge on any atom is -0.356 e. The maximum Gasteiger partial charge on any atom is 0.224 e. The van der Waals surface area contributed by atoms with Crippen molar-refractivity contribution in [3.63, 3.8) is 0 Å². The van der Waals surface area contributed by atoms with Crippen molar-refractivity contribution in [2.45, 2.75) is 45.1 Å². The highest BCUT2D eigenvalue weighted by Crippen LogP contribution is 2.18. The Kier molecular flexibility index (Phi) is 4.93. The first-order valence-corrected chi connectivity index (χ1v) is 6.35. The third kappa shape index (κ3) is 3.43. The second-order valence-corrected chi connectivity index (χ2v) is 4.72. The molecule has 5 heteroatoms. The molecule has 1 fully saturated rings. The van der Waals surface area contributed by atoms with Crippen molar-refractivity contribution in [1.82, 2.24) is 10.6 Å². The standard InChI is InChI=1S/C12H23N3O2/c1-3-12(4-2,8-13)15-11(17)9-5-6-14-10(16)7-9/h9H,3-8,13H2,1-2H3,(H,14,16)(H,15,17). The van der Waals surface area contributed by atoms with Crippen molar-refractivity contribution in [3.8, 4) is 0 Å². The Bertz CT molecular complexity index is 279. The van der Waals surface area contributed by atoms with Crippen LogP contribution < -0.4 is 16.4 Å². The number of carbonyl (C=O) groups excluding carboxylic acids is 2. The van der Waals surface area contributed by atoms with Gasteiger partial charge in [-0.15, -0.1) is 0 Å². The van der Waals surface area contributed by atoms with Gasteiger partial charge in [-0.05, 0) is 19.3 Å². The average molecular weight is 241 g/mol. The molecule has 1 rings (SSSR count). The zero-order chi connectivity index (χ0) is 12.9. The summed E-state index contributed by atoms with van der Waals surface area (Å²) in [5.74, 6) is -0.274. The van der Waals surface area contributed by atoms with Gasteiger partial charge in [-0.1, -0.05) is 13.8 Å². The topological polar surface area (TPSA) is 84.2 Å². The van der Waals surface area contributed by atoms with Crippen molar-refractivity contribution < 1.29 is 9.59 Å². The van der Waals surface area contributed by atoms with E-state index in [0.29, 0.717) is 25.9 Å². The van der Waals surface area contributed by atoms with Gasteiger partial charge >= 0.3 is 0 Å². The maximum absolute atomic E-state index is 12.1. The zero-order valence-electron chi connectivity index (χ0n) is 10.7. The summed E-state index contributed by atoms with van der Waals surface area (Å²) in [6.45, 7) is 5.06. The van der Waals surface area contributed by atoms with Gasteiger partial charge in [-0.25, -0.2) is 0 Å². The van der Waals surface area contributed by atoms with E-state index in [9.17, 15) is 9.59 Å². The largest absolute Gasteiger partial charge is 0.356 e. The van der Waals surface area contributed by atoms with Gasteiger partial charge < -0.3 is 16.4 Å². The lowest BCUT2D eigenvalue weighted by molar-refractivity contribution is -0.133. The molecule has 0 radical (unpaired) electrons. The molecular weight excluding hydrogens is 218 g/mol. The predicted molar refractivity (Wildman–Crippen MR) is 66.2 cm³/mol. The quantitative estimate of drug-likeness (QED) is 0.640. The summed E-state index contributed by atoms with van der Waals surface area (Å²) < 4.78 is 0. The van der Waals surface area contributed by atoms with Crippen molar-refractivity contribution in [1.29, 1.82) is 0 Å². The molecular formula is C12H23N3O2. The summed E-state index contributed by atoms with van der Waals surface area (Å²) in [4.78, 5) is 23.3. The van der Waals surface area contributed by atoms with Crippen LogP contribution in [-0.2, 0) is 9.59 Å². The first kappa shape index (κ1) is 14.0. The van der Waals surface area contributed by atoms with Gasteiger partial charge in [0, 0.05) is 25.4 Å². The van der Waals surface area contributed by atoms with Crippen molar-refractivity contribution in [2.75, 3.05) is 13.1 Å². The molecule has 0 spiro atoms. The fourth-order valence-corrected chi connectivity index (χ4v) is 2.14. The molecule has 1 heterocycles. The van der Waals surface area contributed by atoms with Crippen LogP contribution in [0.4, 0.5) is 0 Å². The molecule has 2 amide bonds. The summed E-state index contributed by atoms with van der Waals surface area (Å²) in [6, 6.07) is 0. The van der Waals surface area contributed by atoms with E-state index in [1.54, 1.807) is 0 Å². The van der Waals surface area contributed by atoms with E-state index in [2.05, 4.69) is 10.6 Å². The minimum atomic E-state index is -0.314.